The number of carbonyl (C=O) groups is 2. The Bertz CT molecular complexity index is 1370. The topological polar surface area (TPSA) is 121 Å². The first-order chi connectivity index (χ1) is 18.1. The van der Waals surface area contributed by atoms with Crippen molar-refractivity contribution in [3.05, 3.63) is 58.5 Å². The average molecular weight is 546 g/mol. The van der Waals surface area contributed by atoms with Crippen LogP contribution in [0.25, 0.3) is 0 Å². The van der Waals surface area contributed by atoms with Crippen LogP contribution in [0.15, 0.2) is 30.6 Å². The van der Waals surface area contributed by atoms with Gasteiger partial charge in [-0.3, -0.25) is 9.48 Å². The van der Waals surface area contributed by atoms with Crippen LogP contribution < -0.4 is 10.1 Å². The molecule has 0 saturated heterocycles. The Morgan fingerprint density at radius 1 is 1.24 bits per heavy atom. The summed E-state index contributed by atoms with van der Waals surface area (Å²) in [4.78, 5) is 29.4. The largest absolute Gasteiger partial charge is 0.515 e. The molecule has 0 radical (unpaired) electrons. The first kappa shape index (κ1) is 26.2. The number of aromatic nitrogens is 4. The van der Waals surface area contributed by atoms with Crippen molar-refractivity contribution in [2.24, 2.45) is 25.9 Å². The van der Waals surface area contributed by atoms with Crippen LogP contribution in [0.4, 0.5) is 14.9 Å². The smallest absolute Gasteiger partial charge is 0.434 e. The molecule has 10 nitrogen and oxygen atoms in total. The van der Waals surface area contributed by atoms with Gasteiger partial charge in [0.15, 0.2) is 0 Å². The Hall–Kier alpha value is -3.44. The second kappa shape index (κ2) is 10.0. The summed E-state index contributed by atoms with van der Waals surface area (Å²) in [5, 5.41) is 18.5. The van der Waals surface area contributed by atoms with E-state index < -0.39 is 17.6 Å². The van der Waals surface area contributed by atoms with Gasteiger partial charge < -0.3 is 24.5 Å². The normalized spacial score (nSPS) is 24.3. The Morgan fingerprint density at radius 3 is 2.61 bits per heavy atom. The molecule has 2 aliphatic carbocycles. The second-order valence-electron chi connectivity index (χ2n) is 10.1. The first-order valence-corrected chi connectivity index (χ1v) is 12.8. The third kappa shape index (κ3) is 4.88. The molecule has 38 heavy (non-hydrogen) atoms. The summed E-state index contributed by atoms with van der Waals surface area (Å²) in [6.07, 6.45) is 3.37. The molecule has 0 bridgehead atoms. The Labute approximate surface area is 223 Å². The number of benzene rings is 1. The fourth-order valence-electron chi connectivity index (χ4n) is 6.04. The van der Waals surface area contributed by atoms with Gasteiger partial charge in [-0.25, -0.2) is 14.2 Å². The van der Waals surface area contributed by atoms with Crippen molar-refractivity contribution in [3.8, 4) is 5.88 Å². The molecule has 2 N–H and O–H groups in total. The summed E-state index contributed by atoms with van der Waals surface area (Å²) in [5.41, 5.74) is 1.02. The van der Waals surface area contributed by atoms with E-state index in [1.54, 1.807) is 38.0 Å². The SMILES string of the molecule is CCOC(=O)Oc1cc(C2(O)CC3CC(c4ncn(C)c4C(=O)Nc4ccc(F)c(Cl)c4)CC3C2)n(C)n1. The van der Waals surface area contributed by atoms with Crippen LogP contribution in [0, 0.1) is 17.7 Å². The van der Waals surface area contributed by atoms with E-state index in [0.29, 0.717) is 35.6 Å². The molecule has 2 saturated carbocycles. The van der Waals surface area contributed by atoms with Crippen molar-refractivity contribution in [3.63, 3.8) is 0 Å². The number of aryl methyl sites for hydroxylation is 2. The molecule has 2 heterocycles. The van der Waals surface area contributed by atoms with Crippen LogP contribution in [-0.4, -0.2) is 43.1 Å². The maximum Gasteiger partial charge on any atom is 0.515 e. The van der Waals surface area contributed by atoms with Crippen LogP contribution in [0.1, 0.15) is 60.4 Å². The third-order valence-electron chi connectivity index (χ3n) is 7.57. The van der Waals surface area contributed by atoms with Crippen LogP contribution in [0.2, 0.25) is 5.02 Å². The monoisotopic (exact) mass is 545 g/mol. The lowest BCUT2D eigenvalue weighted by Crippen LogP contribution is -2.26. The zero-order valence-electron chi connectivity index (χ0n) is 21.3. The zero-order valence-corrected chi connectivity index (χ0v) is 22.0. The lowest BCUT2D eigenvalue weighted by Gasteiger charge is -2.24. The van der Waals surface area contributed by atoms with Crippen LogP contribution in [0.3, 0.4) is 0 Å². The maximum atomic E-state index is 13.5. The van der Waals surface area contributed by atoms with Crippen molar-refractivity contribution in [2.45, 2.75) is 44.1 Å². The maximum absolute atomic E-state index is 13.5. The molecule has 2 unspecified atom stereocenters. The summed E-state index contributed by atoms with van der Waals surface area (Å²) in [5.74, 6) is -0.317. The van der Waals surface area contributed by atoms with E-state index >= 15 is 0 Å². The Morgan fingerprint density at radius 2 is 1.95 bits per heavy atom. The molecule has 0 aliphatic heterocycles. The van der Waals surface area contributed by atoms with E-state index in [1.165, 1.54) is 22.9 Å². The number of rotatable bonds is 6. The fraction of sp³-hybridized carbons (Fsp3) is 0.462. The molecule has 0 spiro atoms. The second-order valence-corrected chi connectivity index (χ2v) is 10.5. The summed E-state index contributed by atoms with van der Waals surface area (Å²) < 4.78 is 26.6. The minimum Gasteiger partial charge on any atom is -0.434 e. The minimum atomic E-state index is -1.11. The van der Waals surface area contributed by atoms with Gasteiger partial charge in [0.2, 0.25) is 5.88 Å². The number of aliphatic hydroxyl groups is 1. The van der Waals surface area contributed by atoms with E-state index in [1.807, 2.05) is 0 Å². The average Bonchev–Trinajstić information content (AvgIpc) is 3.58. The summed E-state index contributed by atoms with van der Waals surface area (Å²) >= 11 is 5.86. The number of carbonyl (C=O) groups excluding carboxylic acids is 2. The number of nitrogens with zero attached hydrogens (tertiary/aromatic N) is 4. The van der Waals surface area contributed by atoms with Crippen molar-refractivity contribution >= 4 is 29.4 Å². The fourth-order valence-corrected chi connectivity index (χ4v) is 6.22. The first-order valence-electron chi connectivity index (χ1n) is 12.5. The summed E-state index contributed by atoms with van der Waals surface area (Å²) in [7, 11) is 3.46. The number of imidazole rings is 1. The van der Waals surface area contributed by atoms with Crippen molar-refractivity contribution in [1.82, 2.24) is 19.3 Å². The van der Waals surface area contributed by atoms with Crippen molar-refractivity contribution in [2.75, 3.05) is 11.9 Å². The highest BCUT2D eigenvalue weighted by atomic mass is 35.5. The van der Waals surface area contributed by atoms with Crippen LogP contribution >= 0.6 is 11.6 Å². The number of ether oxygens (including phenoxy) is 2. The van der Waals surface area contributed by atoms with Gasteiger partial charge in [-0.2, -0.15) is 0 Å². The van der Waals surface area contributed by atoms with Gasteiger partial charge in [-0.15, -0.1) is 5.10 Å². The van der Waals surface area contributed by atoms with Gasteiger partial charge in [0.1, 0.15) is 17.1 Å². The molecular formula is C26H29ClFN5O5. The van der Waals surface area contributed by atoms with Crippen LogP contribution in [-0.2, 0) is 24.4 Å². The van der Waals surface area contributed by atoms with Gasteiger partial charge >= 0.3 is 6.16 Å². The van der Waals surface area contributed by atoms with E-state index in [2.05, 4.69) is 15.4 Å². The predicted octanol–water partition coefficient (Wildman–Crippen LogP) is 4.53. The molecule has 2 atom stereocenters. The molecule has 202 valence electrons. The predicted molar refractivity (Wildman–Crippen MR) is 136 cm³/mol. The highest BCUT2D eigenvalue weighted by Gasteiger charge is 2.51. The van der Waals surface area contributed by atoms with Crippen LogP contribution in [0.5, 0.6) is 5.88 Å². The van der Waals surface area contributed by atoms with E-state index in [9.17, 15) is 19.1 Å². The van der Waals surface area contributed by atoms with Gasteiger partial charge in [0.25, 0.3) is 5.91 Å². The molecule has 12 heteroatoms. The number of halogens is 2. The van der Waals surface area contributed by atoms with Gasteiger partial charge in [0, 0.05) is 31.8 Å². The zero-order chi connectivity index (χ0) is 27.2. The highest BCUT2D eigenvalue weighted by molar-refractivity contribution is 6.31. The van der Waals surface area contributed by atoms with Gasteiger partial charge in [-0.1, -0.05) is 11.6 Å². The molecule has 1 amide bonds. The number of anilines is 1. The summed E-state index contributed by atoms with van der Waals surface area (Å²) in [6, 6.07) is 5.61. The Kier molecular flexibility index (Phi) is 6.91. The number of hydrogen-bond donors (Lipinski definition) is 2. The minimum absolute atomic E-state index is 0.0579. The molecule has 3 aromatic rings. The third-order valence-corrected chi connectivity index (χ3v) is 7.86. The Balaban J connectivity index is 1.28. The lowest BCUT2D eigenvalue weighted by atomic mass is 9.90. The van der Waals surface area contributed by atoms with E-state index in [-0.39, 0.29) is 41.2 Å². The quantitative estimate of drug-likeness (QED) is 0.437. The highest BCUT2D eigenvalue weighted by Crippen LogP contribution is 2.57. The molecule has 2 aliphatic rings. The van der Waals surface area contributed by atoms with Gasteiger partial charge in [-0.05, 0) is 62.6 Å². The summed E-state index contributed by atoms with van der Waals surface area (Å²) in [6.45, 7) is 1.87. The number of amides is 1. The molecule has 5 rings (SSSR count). The molecule has 2 aromatic heterocycles. The van der Waals surface area contributed by atoms with Crippen molar-refractivity contribution in [1.29, 1.82) is 0 Å². The molecular weight excluding hydrogens is 517 g/mol. The number of nitrogens with one attached hydrogen (secondary N) is 1. The van der Waals surface area contributed by atoms with Crippen molar-refractivity contribution < 1.29 is 28.6 Å². The standard InChI is InChI=1S/C26H29ClFN5O5/c1-4-37-25(35)38-21-10-20(33(3)31-21)26(36)11-15-7-14(8-16(15)12-26)22-23(32(2)13-29-22)24(34)30-17-5-6-19(28)18(27)9-17/h5-6,9-10,13-16,36H,4,7-8,11-12H2,1-3H3,(H,30,34). The lowest BCUT2D eigenvalue weighted by molar-refractivity contribution is 0.0263. The molecule has 2 fully saturated rings. The van der Waals surface area contributed by atoms with E-state index in [4.69, 9.17) is 21.1 Å². The number of fused-ring (bicyclic) bond motifs is 1. The molecule has 1 aromatic carbocycles. The number of hydrogen-bond acceptors (Lipinski definition) is 7. The van der Waals surface area contributed by atoms with E-state index in [0.717, 1.165) is 12.8 Å². The van der Waals surface area contributed by atoms with Gasteiger partial charge in [0.05, 0.1) is 29.3 Å².